The third-order valence-corrected chi connectivity index (χ3v) is 2.45. The Kier molecular flexibility index (Phi) is 6.00. The number of carbonyl (C=O) groups is 1. The lowest BCUT2D eigenvalue weighted by Crippen LogP contribution is -2.33. The number of amides is 1. The molecule has 82 valence electrons. The van der Waals surface area contributed by atoms with E-state index in [0.717, 1.165) is 25.2 Å². The minimum atomic E-state index is 0.195. The van der Waals surface area contributed by atoms with Crippen molar-refractivity contribution in [3.8, 4) is 0 Å². The minimum Gasteiger partial charge on any atom is -0.377 e. The van der Waals surface area contributed by atoms with Gasteiger partial charge in [0.1, 0.15) is 0 Å². The molecule has 0 fully saturated rings. The smallest absolute Gasteiger partial charge is 0.222 e. The predicted molar refractivity (Wildman–Crippen MR) is 60.0 cm³/mol. The maximum atomic E-state index is 11.2. The fraction of sp³-hybridized carbons (Fsp3) is 0.727. The van der Waals surface area contributed by atoms with Gasteiger partial charge in [-0.1, -0.05) is 20.4 Å². The van der Waals surface area contributed by atoms with E-state index in [4.69, 9.17) is 0 Å². The Labute approximate surface area is 87.4 Å². The monoisotopic (exact) mass is 198 g/mol. The lowest BCUT2D eigenvalue weighted by Gasteiger charge is -2.24. The van der Waals surface area contributed by atoms with Crippen molar-refractivity contribution in [1.29, 1.82) is 0 Å². The second-order valence-electron chi connectivity index (χ2n) is 3.51. The van der Waals surface area contributed by atoms with Gasteiger partial charge in [-0.05, 0) is 6.42 Å². The summed E-state index contributed by atoms with van der Waals surface area (Å²) in [6.45, 7) is 9.53. The van der Waals surface area contributed by atoms with Crippen molar-refractivity contribution in [3.05, 3.63) is 12.3 Å². The van der Waals surface area contributed by atoms with Gasteiger partial charge < -0.3 is 9.80 Å². The molecule has 1 amide bonds. The van der Waals surface area contributed by atoms with Crippen LogP contribution in [-0.4, -0.2) is 42.9 Å². The molecule has 3 heteroatoms. The van der Waals surface area contributed by atoms with E-state index in [1.807, 2.05) is 21.0 Å². The van der Waals surface area contributed by atoms with E-state index in [1.165, 1.54) is 0 Å². The Balaban J connectivity index is 3.82. The van der Waals surface area contributed by atoms with Crippen LogP contribution in [0.4, 0.5) is 0 Å². The molecule has 3 nitrogen and oxygen atoms in total. The van der Waals surface area contributed by atoms with Gasteiger partial charge in [0.05, 0.1) is 0 Å². The topological polar surface area (TPSA) is 23.6 Å². The molecule has 0 aromatic rings. The van der Waals surface area contributed by atoms with Crippen LogP contribution in [0.15, 0.2) is 12.3 Å². The van der Waals surface area contributed by atoms with E-state index < -0.39 is 0 Å². The Bertz CT molecular complexity index is 179. The van der Waals surface area contributed by atoms with E-state index in [0.29, 0.717) is 6.42 Å². The summed E-state index contributed by atoms with van der Waals surface area (Å²) in [5.41, 5.74) is 1.11. The molecule has 0 aromatic carbocycles. The first kappa shape index (κ1) is 13.0. The van der Waals surface area contributed by atoms with Crippen molar-refractivity contribution >= 4 is 5.91 Å². The second-order valence-corrected chi connectivity index (χ2v) is 3.51. The van der Waals surface area contributed by atoms with Gasteiger partial charge in [-0.15, -0.1) is 0 Å². The number of hydrogen-bond donors (Lipinski definition) is 0. The number of allylic oxidation sites excluding steroid dienone is 1. The lowest BCUT2D eigenvalue weighted by atomic mass is 10.3. The highest BCUT2D eigenvalue weighted by Gasteiger charge is 2.06. The van der Waals surface area contributed by atoms with Crippen LogP contribution in [0.1, 0.15) is 26.7 Å². The zero-order valence-corrected chi connectivity index (χ0v) is 9.84. The van der Waals surface area contributed by atoms with Gasteiger partial charge in [-0.3, -0.25) is 4.79 Å². The average molecular weight is 198 g/mol. The normalized spacial score (nSPS) is 9.71. The average Bonchev–Trinajstić information content (AvgIpc) is 2.22. The van der Waals surface area contributed by atoms with E-state index >= 15 is 0 Å². The van der Waals surface area contributed by atoms with Gasteiger partial charge in [0, 0.05) is 39.3 Å². The summed E-state index contributed by atoms with van der Waals surface area (Å²) in [6.07, 6.45) is 1.54. The van der Waals surface area contributed by atoms with E-state index in [1.54, 1.807) is 4.90 Å². The Hall–Kier alpha value is -0.990. The van der Waals surface area contributed by atoms with Crippen LogP contribution in [-0.2, 0) is 4.79 Å². The quantitative estimate of drug-likeness (QED) is 0.648. The fourth-order valence-electron chi connectivity index (χ4n) is 1.12. The first-order valence-corrected chi connectivity index (χ1v) is 5.15. The number of likely N-dealkylation sites (N-methyl/N-ethyl adjacent to an activating group) is 2. The molecule has 0 saturated heterocycles. The largest absolute Gasteiger partial charge is 0.377 e. The van der Waals surface area contributed by atoms with E-state index in [-0.39, 0.29) is 5.91 Å². The van der Waals surface area contributed by atoms with Crippen molar-refractivity contribution in [2.75, 3.05) is 27.2 Å². The molecule has 0 N–H and O–H groups in total. The molecular formula is C11H22N2O. The molecule has 0 spiro atoms. The molecule has 0 unspecified atom stereocenters. The maximum absolute atomic E-state index is 11.2. The van der Waals surface area contributed by atoms with Crippen molar-refractivity contribution in [2.24, 2.45) is 0 Å². The Morgan fingerprint density at radius 1 is 1.07 bits per heavy atom. The summed E-state index contributed by atoms with van der Waals surface area (Å²) in [5, 5.41) is 0. The SMILES string of the molecule is C=C(CC)N(C)CCN(C)C(=O)CC. The van der Waals surface area contributed by atoms with Crippen LogP contribution in [0.25, 0.3) is 0 Å². The van der Waals surface area contributed by atoms with Crippen LogP contribution in [0.3, 0.4) is 0 Å². The van der Waals surface area contributed by atoms with E-state index in [2.05, 4.69) is 18.4 Å². The van der Waals surface area contributed by atoms with Crippen molar-refractivity contribution in [3.63, 3.8) is 0 Å². The number of nitrogens with zero attached hydrogens (tertiary/aromatic N) is 2. The molecule has 0 aliphatic carbocycles. The molecular weight excluding hydrogens is 176 g/mol. The highest BCUT2D eigenvalue weighted by molar-refractivity contribution is 5.75. The standard InChI is InChI=1S/C11H22N2O/c1-6-10(3)12(4)8-9-13(5)11(14)7-2/h3,6-9H2,1-2,4-5H3. The van der Waals surface area contributed by atoms with Crippen molar-refractivity contribution < 1.29 is 4.79 Å². The maximum Gasteiger partial charge on any atom is 0.222 e. The number of hydrogen-bond acceptors (Lipinski definition) is 2. The van der Waals surface area contributed by atoms with Gasteiger partial charge in [0.15, 0.2) is 0 Å². The molecule has 0 aliphatic rings. The van der Waals surface area contributed by atoms with Gasteiger partial charge in [0.25, 0.3) is 0 Å². The molecule has 0 rings (SSSR count). The minimum absolute atomic E-state index is 0.195. The molecule has 0 radical (unpaired) electrons. The molecule has 0 heterocycles. The van der Waals surface area contributed by atoms with Crippen LogP contribution < -0.4 is 0 Å². The van der Waals surface area contributed by atoms with Gasteiger partial charge in [-0.25, -0.2) is 0 Å². The molecule has 0 bridgehead atoms. The Morgan fingerprint density at radius 2 is 1.57 bits per heavy atom. The van der Waals surface area contributed by atoms with Crippen molar-refractivity contribution in [1.82, 2.24) is 9.80 Å². The summed E-state index contributed by atoms with van der Waals surface area (Å²) in [6, 6.07) is 0. The molecule has 0 aromatic heterocycles. The summed E-state index contributed by atoms with van der Waals surface area (Å²) in [5.74, 6) is 0.195. The third-order valence-electron chi connectivity index (χ3n) is 2.45. The van der Waals surface area contributed by atoms with Crippen LogP contribution in [0.5, 0.6) is 0 Å². The summed E-state index contributed by atoms with van der Waals surface area (Å²) >= 11 is 0. The zero-order chi connectivity index (χ0) is 11.1. The lowest BCUT2D eigenvalue weighted by molar-refractivity contribution is -0.129. The number of carbonyl (C=O) groups excluding carboxylic acids is 1. The van der Waals surface area contributed by atoms with E-state index in [9.17, 15) is 4.79 Å². The fourth-order valence-corrected chi connectivity index (χ4v) is 1.12. The van der Waals surface area contributed by atoms with Crippen molar-refractivity contribution in [2.45, 2.75) is 26.7 Å². The predicted octanol–water partition coefficient (Wildman–Crippen LogP) is 1.71. The molecule has 0 saturated carbocycles. The number of rotatable bonds is 6. The van der Waals surface area contributed by atoms with Crippen LogP contribution >= 0.6 is 0 Å². The molecule has 14 heavy (non-hydrogen) atoms. The van der Waals surface area contributed by atoms with Crippen LogP contribution in [0, 0.1) is 0 Å². The summed E-state index contributed by atoms with van der Waals surface area (Å²) in [4.78, 5) is 15.1. The molecule has 0 atom stereocenters. The van der Waals surface area contributed by atoms with Gasteiger partial charge in [0.2, 0.25) is 5.91 Å². The van der Waals surface area contributed by atoms with Crippen LogP contribution in [0.2, 0.25) is 0 Å². The first-order chi connectivity index (χ1) is 6.52. The molecule has 0 aliphatic heterocycles. The highest BCUT2D eigenvalue weighted by Crippen LogP contribution is 2.02. The second kappa shape index (κ2) is 6.46. The van der Waals surface area contributed by atoms with Gasteiger partial charge in [-0.2, -0.15) is 0 Å². The van der Waals surface area contributed by atoms with Gasteiger partial charge >= 0.3 is 0 Å². The summed E-state index contributed by atoms with van der Waals surface area (Å²) < 4.78 is 0. The zero-order valence-electron chi connectivity index (χ0n) is 9.84. The Morgan fingerprint density at radius 3 is 2.00 bits per heavy atom. The third kappa shape index (κ3) is 4.30. The summed E-state index contributed by atoms with van der Waals surface area (Å²) in [7, 11) is 3.85. The highest BCUT2D eigenvalue weighted by atomic mass is 16.2. The first-order valence-electron chi connectivity index (χ1n) is 5.15.